The standard InChI is InChI=1S/C24H32FN3O5S/c1-16(2)26-24(30)18(4)27(14-19-8-10-20(25)11-9-19)23(29)15-28(34(6,31)32)21-13-17(3)7-12-22(21)33-5/h7-13,16,18H,14-15H2,1-6H3,(H,26,30)/t18-/m0/s1. The Morgan fingerprint density at radius 1 is 1.09 bits per heavy atom. The van der Waals surface area contributed by atoms with Gasteiger partial charge in [0.2, 0.25) is 21.8 Å². The first kappa shape index (κ1) is 27.1. The smallest absolute Gasteiger partial charge is 0.244 e. The first-order valence-corrected chi connectivity index (χ1v) is 12.6. The Labute approximate surface area is 200 Å². The van der Waals surface area contributed by atoms with E-state index in [2.05, 4.69) is 5.32 Å². The number of sulfonamides is 1. The van der Waals surface area contributed by atoms with E-state index in [1.54, 1.807) is 45.9 Å². The van der Waals surface area contributed by atoms with Crippen molar-refractivity contribution in [1.82, 2.24) is 10.2 Å². The Bertz CT molecular complexity index is 1120. The number of nitrogens with one attached hydrogen (secondary N) is 1. The summed E-state index contributed by atoms with van der Waals surface area (Å²) >= 11 is 0. The van der Waals surface area contributed by atoms with Gasteiger partial charge in [-0.05, 0) is 63.1 Å². The molecule has 186 valence electrons. The number of methoxy groups -OCH3 is 1. The summed E-state index contributed by atoms with van der Waals surface area (Å²) in [6.45, 7) is 6.41. The van der Waals surface area contributed by atoms with Gasteiger partial charge in [0.1, 0.15) is 24.2 Å². The number of rotatable bonds is 10. The third-order valence-corrected chi connectivity index (χ3v) is 6.27. The Balaban J connectivity index is 2.45. The van der Waals surface area contributed by atoms with Crippen LogP contribution in [0, 0.1) is 12.7 Å². The number of amides is 2. The molecule has 0 aromatic heterocycles. The van der Waals surface area contributed by atoms with Crippen molar-refractivity contribution in [2.24, 2.45) is 0 Å². The number of carbonyl (C=O) groups excluding carboxylic acids is 2. The Morgan fingerprint density at radius 2 is 1.71 bits per heavy atom. The van der Waals surface area contributed by atoms with Gasteiger partial charge < -0.3 is 15.0 Å². The zero-order valence-corrected chi connectivity index (χ0v) is 21.1. The average Bonchev–Trinajstić information content (AvgIpc) is 2.75. The van der Waals surface area contributed by atoms with Gasteiger partial charge in [-0.1, -0.05) is 18.2 Å². The summed E-state index contributed by atoms with van der Waals surface area (Å²) in [5, 5.41) is 2.77. The highest BCUT2D eigenvalue weighted by atomic mass is 32.2. The predicted octanol–water partition coefficient (Wildman–Crippen LogP) is 2.85. The molecule has 0 heterocycles. The fourth-order valence-electron chi connectivity index (χ4n) is 3.36. The summed E-state index contributed by atoms with van der Waals surface area (Å²) in [5.41, 5.74) is 1.60. The van der Waals surface area contributed by atoms with Gasteiger partial charge in [-0.25, -0.2) is 12.8 Å². The predicted molar refractivity (Wildman–Crippen MR) is 130 cm³/mol. The molecule has 0 unspecified atom stereocenters. The van der Waals surface area contributed by atoms with Crippen molar-refractivity contribution >= 4 is 27.5 Å². The molecule has 0 saturated carbocycles. The third-order valence-electron chi connectivity index (χ3n) is 5.15. The largest absolute Gasteiger partial charge is 0.495 e. The minimum absolute atomic E-state index is 0.00561. The summed E-state index contributed by atoms with van der Waals surface area (Å²) in [4.78, 5) is 27.5. The molecular weight excluding hydrogens is 461 g/mol. The zero-order chi connectivity index (χ0) is 25.6. The highest BCUT2D eigenvalue weighted by Gasteiger charge is 2.31. The van der Waals surface area contributed by atoms with Gasteiger partial charge in [0.25, 0.3) is 0 Å². The van der Waals surface area contributed by atoms with Crippen LogP contribution in [0.1, 0.15) is 31.9 Å². The Morgan fingerprint density at radius 3 is 2.24 bits per heavy atom. The summed E-state index contributed by atoms with van der Waals surface area (Å²) in [5.74, 6) is -1.12. The number of benzene rings is 2. The maximum Gasteiger partial charge on any atom is 0.244 e. The van der Waals surface area contributed by atoms with E-state index in [0.29, 0.717) is 11.3 Å². The van der Waals surface area contributed by atoms with E-state index in [9.17, 15) is 22.4 Å². The van der Waals surface area contributed by atoms with Gasteiger partial charge >= 0.3 is 0 Å². The van der Waals surface area contributed by atoms with E-state index in [1.165, 1.54) is 36.3 Å². The Kier molecular flexibility index (Phi) is 9.03. The number of aryl methyl sites for hydroxylation is 1. The molecule has 0 aliphatic rings. The second-order valence-corrected chi connectivity index (χ2v) is 10.3. The van der Waals surface area contributed by atoms with Crippen molar-refractivity contribution in [1.29, 1.82) is 0 Å². The van der Waals surface area contributed by atoms with Crippen LogP contribution in [-0.4, -0.2) is 57.1 Å². The fraction of sp³-hybridized carbons (Fsp3) is 0.417. The van der Waals surface area contributed by atoms with E-state index in [1.807, 2.05) is 0 Å². The molecule has 0 saturated heterocycles. The summed E-state index contributed by atoms with van der Waals surface area (Å²) < 4.78 is 45.1. The minimum atomic E-state index is -3.88. The van der Waals surface area contributed by atoms with E-state index in [0.717, 1.165) is 16.1 Å². The molecule has 34 heavy (non-hydrogen) atoms. The van der Waals surface area contributed by atoms with E-state index < -0.39 is 34.3 Å². The van der Waals surface area contributed by atoms with Crippen molar-refractivity contribution in [3.8, 4) is 5.75 Å². The van der Waals surface area contributed by atoms with Gasteiger partial charge in [0, 0.05) is 12.6 Å². The topological polar surface area (TPSA) is 96.0 Å². The summed E-state index contributed by atoms with van der Waals surface area (Å²) in [7, 11) is -2.47. The van der Waals surface area contributed by atoms with Gasteiger partial charge in [-0.15, -0.1) is 0 Å². The van der Waals surface area contributed by atoms with Crippen molar-refractivity contribution in [2.75, 3.05) is 24.2 Å². The molecule has 2 amide bonds. The van der Waals surface area contributed by atoms with Crippen LogP contribution in [0.2, 0.25) is 0 Å². The lowest BCUT2D eigenvalue weighted by molar-refractivity contribution is -0.139. The second-order valence-electron chi connectivity index (χ2n) is 8.43. The second kappa shape index (κ2) is 11.3. The van der Waals surface area contributed by atoms with Crippen LogP contribution in [0.3, 0.4) is 0 Å². The highest BCUT2D eigenvalue weighted by Crippen LogP contribution is 2.31. The molecule has 0 aliphatic carbocycles. The van der Waals surface area contributed by atoms with Gasteiger partial charge in [-0.2, -0.15) is 0 Å². The molecular formula is C24H32FN3O5S. The monoisotopic (exact) mass is 493 g/mol. The van der Waals surface area contributed by atoms with E-state index in [4.69, 9.17) is 4.74 Å². The molecule has 8 nitrogen and oxygen atoms in total. The van der Waals surface area contributed by atoms with Crippen molar-refractivity contribution < 1.29 is 27.1 Å². The summed E-state index contributed by atoms with van der Waals surface area (Å²) in [6.07, 6.45) is 1.00. The van der Waals surface area contributed by atoms with Gasteiger partial charge in [0.15, 0.2) is 0 Å². The van der Waals surface area contributed by atoms with Crippen LogP contribution in [0.15, 0.2) is 42.5 Å². The van der Waals surface area contributed by atoms with E-state index in [-0.39, 0.29) is 24.2 Å². The molecule has 2 aromatic rings. The number of nitrogens with zero attached hydrogens (tertiary/aromatic N) is 2. The molecule has 1 atom stereocenters. The average molecular weight is 494 g/mol. The molecule has 0 fully saturated rings. The van der Waals surface area contributed by atoms with E-state index >= 15 is 0 Å². The Hall–Kier alpha value is -3.14. The molecule has 10 heteroatoms. The van der Waals surface area contributed by atoms with Crippen molar-refractivity contribution in [3.63, 3.8) is 0 Å². The maximum absolute atomic E-state index is 13.5. The first-order chi connectivity index (χ1) is 15.8. The molecule has 1 N–H and O–H groups in total. The number of ether oxygens (including phenoxy) is 1. The molecule has 2 aromatic carbocycles. The maximum atomic E-state index is 13.5. The third kappa shape index (κ3) is 7.18. The molecule has 2 rings (SSSR count). The molecule has 0 bridgehead atoms. The quantitative estimate of drug-likeness (QED) is 0.549. The normalized spacial score (nSPS) is 12.2. The lowest BCUT2D eigenvalue weighted by Gasteiger charge is -2.32. The first-order valence-electron chi connectivity index (χ1n) is 10.8. The molecule has 0 radical (unpaired) electrons. The summed E-state index contributed by atoms with van der Waals surface area (Å²) in [6, 6.07) is 9.51. The number of hydrogen-bond acceptors (Lipinski definition) is 5. The van der Waals surface area contributed by atoms with Crippen LogP contribution >= 0.6 is 0 Å². The molecule has 0 aliphatic heterocycles. The van der Waals surface area contributed by atoms with Gasteiger partial charge in [-0.3, -0.25) is 13.9 Å². The molecule has 0 spiro atoms. The van der Waals surface area contributed by atoms with Gasteiger partial charge in [0.05, 0.1) is 19.1 Å². The number of halogens is 1. The van der Waals surface area contributed by atoms with Crippen LogP contribution in [-0.2, 0) is 26.2 Å². The number of hydrogen-bond donors (Lipinski definition) is 1. The van der Waals surface area contributed by atoms with Crippen LogP contribution in [0.25, 0.3) is 0 Å². The number of carbonyl (C=O) groups is 2. The highest BCUT2D eigenvalue weighted by molar-refractivity contribution is 7.92. The van der Waals surface area contributed by atoms with Crippen LogP contribution in [0.5, 0.6) is 5.75 Å². The SMILES string of the molecule is COc1ccc(C)cc1N(CC(=O)N(Cc1ccc(F)cc1)[C@@H](C)C(=O)NC(C)C)S(C)(=O)=O. The van der Waals surface area contributed by atoms with Crippen molar-refractivity contribution in [2.45, 2.75) is 46.3 Å². The number of anilines is 1. The van der Waals surface area contributed by atoms with Crippen LogP contribution in [0.4, 0.5) is 10.1 Å². The lowest BCUT2D eigenvalue weighted by Crippen LogP contribution is -2.52. The minimum Gasteiger partial charge on any atom is -0.495 e. The fourth-order valence-corrected chi connectivity index (χ4v) is 4.21. The zero-order valence-electron chi connectivity index (χ0n) is 20.3. The van der Waals surface area contributed by atoms with Crippen LogP contribution < -0.4 is 14.4 Å². The van der Waals surface area contributed by atoms with Crippen molar-refractivity contribution in [3.05, 3.63) is 59.4 Å². The lowest BCUT2D eigenvalue weighted by atomic mass is 10.1.